The minimum absolute atomic E-state index is 0.0170. The van der Waals surface area contributed by atoms with Crippen molar-refractivity contribution in [2.24, 2.45) is 5.73 Å². The number of carbonyl (C=O) groups is 1. The molecule has 4 N–H and O–H groups in total. The van der Waals surface area contributed by atoms with Gasteiger partial charge in [0.1, 0.15) is 36.3 Å². The Kier molecular flexibility index (Phi) is 5.51. The lowest BCUT2D eigenvalue weighted by molar-refractivity contribution is 0.0843. The van der Waals surface area contributed by atoms with Crippen molar-refractivity contribution in [3.05, 3.63) is 53.7 Å². The van der Waals surface area contributed by atoms with Gasteiger partial charge in [-0.15, -0.1) is 0 Å². The number of benzene rings is 1. The SMILES string of the molecule is NCc1cc(C(=O)NCC(O)COc2ccc(F)cc2)co1. The number of hydrogen-bond donors (Lipinski definition) is 3. The normalized spacial score (nSPS) is 12.0. The summed E-state index contributed by atoms with van der Waals surface area (Å²) in [6.45, 7) is 0.204. The molecule has 1 unspecified atom stereocenters. The molecule has 1 amide bonds. The fraction of sp³-hybridized carbons (Fsp3) is 0.267. The molecule has 0 bridgehead atoms. The van der Waals surface area contributed by atoms with Gasteiger partial charge in [-0.2, -0.15) is 0 Å². The Morgan fingerprint density at radius 2 is 2.14 bits per heavy atom. The number of rotatable bonds is 7. The van der Waals surface area contributed by atoms with E-state index in [9.17, 15) is 14.3 Å². The minimum atomic E-state index is -0.894. The van der Waals surface area contributed by atoms with E-state index in [1.807, 2.05) is 0 Å². The number of furan rings is 1. The Morgan fingerprint density at radius 3 is 2.77 bits per heavy atom. The maximum atomic E-state index is 12.7. The van der Waals surface area contributed by atoms with Gasteiger partial charge in [-0.1, -0.05) is 0 Å². The molecular formula is C15H17FN2O4. The molecule has 1 atom stereocenters. The van der Waals surface area contributed by atoms with Gasteiger partial charge in [-0.3, -0.25) is 4.79 Å². The molecule has 1 heterocycles. The molecule has 2 aromatic rings. The van der Waals surface area contributed by atoms with Crippen LogP contribution in [0.25, 0.3) is 0 Å². The highest BCUT2D eigenvalue weighted by Gasteiger charge is 2.12. The van der Waals surface area contributed by atoms with Gasteiger partial charge in [0, 0.05) is 6.54 Å². The average molecular weight is 308 g/mol. The Labute approximate surface area is 126 Å². The summed E-state index contributed by atoms with van der Waals surface area (Å²) in [6, 6.07) is 6.98. The van der Waals surface area contributed by atoms with Crippen molar-refractivity contribution in [2.45, 2.75) is 12.6 Å². The first kappa shape index (κ1) is 16.0. The van der Waals surface area contributed by atoms with E-state index in [-0.39, 0.29) is 31.4 Å². The Bertz CT molecular complexity index is 612. The summed E-state index contributed by atoms with van der Waals surface area (Å²) in [7, 11) is 0. The number of hydrogen-bond acceptors (Lipinski definition) is 5. The second-order valence-electron chi connectivity index (χ2n) is 4.63. The molecule has 1 aromatic carbocycles. The third-order valence-electron chi connectivity index (χ3n) is 2.87. The molecule has 0 fully saturated rings. The molecule has 2 rings (SSSR count). The zero-order valence-corrected chi connectivity index (χ0v) is 11.8. The van der Waals surface area contributed by atoms with Crippen LogP contribution in [0, 0.1) is 5.82 Å². The lowest BCUT2D eigenvalue weighted by Crippen LogP contribution is -2.35. The fourth-order valence-electron chi connectivity index (χ4n) is 1.70. The summed E-state index contributed by atoms with van der Waals surface area (Å²) < 4.78 is 23.0. The van der Waals surface area contributed by atoms with Crippen molar-refractivity contribution in [3.8, 4) is 5.75 Å². The highest BCUT2D eigenvalue weighted by Crippen LogP contribution is 2.11. The lowest BCUT2D eigenvalue weighted by Gasteiger charge is -2.13. The van der Waals surface area contributed by atoms with Crippen LogP contribution in [0.1, 0.15) is 16.1 Å². The first-order chi connectivity index (χ1) is 10.6. The Balaban J connectivity index is 1.73. The van der Waals surface area contributed by atoms with E-state index in [4.69, 9.17) is 14.9 Å². The third kappa shape index (κ3) is 4.57. The van der Waals surface area contributed by atoms with Crippen LogP contribution < -0.4 is 15.8 Å². The predicted molar refractivity (Wildman–Crippen MR) is 76.8 cm³/mol. The van der Waals surface area contributed by atoms with Crippen molar-refractivity contribution in [1.82, 2.24) is 5.32 Å². The molecule has 0 aliphatic heterocycles. The second-order valence-corrected chi connectivity index (χ2v) is 4.63. The van der Waals surface area contributed by atoms with E-state index >= 15 is 0 Å². The van der Waals surface area contributed by atoms with Gasteiger partial charge in [-0.05, 0) is 30.3 Å². The molecule has 0 aliphatic rings. The van der Waals surface area contributed by atoms with E-state index in [1.165, 1.54) is 36.6 Å². The molecule has 118 valence electrons. The van der Waals surface area contributed by atoms with E-state index < -0.39 is 6.10 Å². The van der Waals surface area contributed by atoms with Crippen LogP contribution in [0.2, 0.25) is 0 Å². The maximum absolute atomic E-state index is 12.7. The van der Waals surface area contributed by atoms with Gasteiger partial charge >= 0.3 is 0 Å². The molecule has 0 radical (unpaired) electrons. The molecule has 6 nitrogen and oxygen atoms in total. The van der Waals surface area contributed by atoms with Gasteiger partial charge in [0.25, 0.3) is 5.91 Å². The van der Waals surface area contributed by atoms with Gasteiger partial charge in [0.15, 0.2) is 0 Å². The van der Waals surface area contributed by atoms with E-state index in [2.05, 4.69) is 5.32 Å². The highest BCUT2D eigenvalue weighted by atomic mass is 19.1. The smallest absolute Gasteiger partial charge is 0.254 e. The molecular weight excluding hydrogens is 291 g/mol. The summed E-state index contributed by atoms with van der Waals surface area (Å²) in [4.78, 5) is 11.8. The van der Waals surface area contributed by atoms with Crippen LogP contribution in [-0.2, 0) is 6.54 Å². The summed E-state index contributed by atoms with van der Waals surface area (Å²) in [6.07, 6.45) is 0.411. The van der Waals surface area contributed by atoms with Gasteiger partial charge in [0.2, 0.25) is 0 Å². The van der Waals surface area contributed by atoms with Crippen LogP contribution >= 0.6 is 0 Å². The number of nitrogens with two attached hydrogens (primary N) is 1. The number of amides is 1. The van der Waals surface area contributed by atoms with Crippen LogP contribution in [-0.4, -0.2) is 30.3 Å². The van der Waals surface area contributed by atoms with Crippen LogP contribution in [0.4, 0.5) is 4.39 Å². The number of halogens is 1. The number of nitrogens with one attached hydrogen (secondary N) is 1. The quantitative estimate of drug-likeness (QED) is 0.710. The average Bonchev–Trinajstić information content (AvgIpc) is 3.01. The van der Waals surface area contributed by atoms with Gasteiger partial charge in [0.05, 0.1) is 12.1 Å². The van der Waals surface area contributed by atoms with Gasteiger partial charge in [-0.25, -0.2) is 4.39 Å². The summed E-state index contributed by atoms with van der Waals surface area (Å²) >= 11 is 0. The minimum Gasteiger partial charge on any atom is -0.491 e. The molecule has 1 aromatic heterocycles. The maximum Gasteiger partial charge on any atom is 0.254 e. The number of ether oxygens (including phenoxy) is 1. The van der Waals surface area contributed by atoms with Crippen molar-refractivity contribution >= 4 is 5.91 Å². The molecule has 22 heavy (non-hydrogen) atoms. The molecule has 0 spiro atoms. The summed E-state index contributed by atoms with van der Waals surface area (Å²) in [5.74, 6) is 0.209. The number of aliphatic hydroxyl groups is 1. The topological polar surface area (TPSA) is 97.7 Å². The largest absolute Gasteiger partial charge is 0.491 e. The zero-order valence-electron chi connectivity index (χ0n) is 11.8. The molecule has 0 aliphatic carbocycles. The number of aliphatic hydroxyl groups excluding tert-OH is 1. The Morgan fingerprint density at radius 1 is 1.41 bits per heavy atom. The summed E-state index contributed by atoms with van der Waals surface area (Å²) in [5, 5.41) is 12.3. The summed E-state index contributed by atoms with van der Waals surface area (Å²) in [5.41, 5.74) is 5.72. The lowest BCUT2D eigenvalue weighted by atomic mass is 10.2. The van der Waals surface area contributed by atoms with E-state index in [1.54, 1.807) is 0 Å². The van der Waals surface area contributed by atoms with E-state index in [0.29, 0.717) is 17.1 Å². The molecule has 0 saturated carbocycles. The zero-order chi connectivity index (χ0) is 15.9. The highest BCUT2D eigenvalue weighted by molar-refractivity contribution is 5.93. The monoisotopic (exact) mass is 308 g/mol. The first-order valence-electron chi connectivity index (χ1n) is 6.70. The van der Waals surface area contributed by atoms with Crippen LogP contribution in [0.15, 0.2) is 41.0 Å². The first-order valence-corrected chi connectivity index (χ1v) is 6.70. The van der Waals surface area contributed by atoms with Crippen molar-refractivity contribution in [3.63, 3.8) is 0 Å². The standard InChI is InChI=1S/C15H17FN2O4/c16-11-1-3-13(4-2-11)22-9-12(19)7-18-15(20)10-5-14(6-17)21-8-10/h1-5,8,12,19H,6-7,9,17H2,(H,18,20). The Hall–Kier alpha value is -2.38. The molecule has 7 heteroatoms. The van der Waals surface area contributed by atoms with Crippen molar-refractivity contribution < 1.29 is 23.4 Å². The second kappa shape index (κ2) is 7.58. The number of carbonyl (C=O) groups excluding carboxylic acids is 1. The molecule has 0 saturated heterocycles. The van der Waals surface area contributed by atoms with Crippen LogP contribution in [0.5, 0.6) is 5.75 Å². The van der Waals surface area contributed by atoms with E-state index in [0.717, 1.165) is 0 Å². The van der Waals surface area contributed by atoms with Gasteiger partial charge < -0.3 is 25.3 Å². The third-order valence-corrected chi connectivity index (χ3v) is 2.87. The van der Waals surface area contributed by atoms with Crippen molar-refractivity contribution in [2.75, 3.05) is 13.2 Å². The van der Waals surface area contributed by atoms with Crippen LogP contribution in [0.3, 0.4) is 0 Å². The fourth-order valence-corrected chi connectivity index (χ4v) is 1.70. The van der Waals surface area contributed by atoms with Crippen molar-refractivity contribution in [1.29, 1.82) is 0 Å². The predicted octanol–water partition coefficient (Wildman–Crippen LogP) is 1.05.